The van der Waals surface area contributed by atoms with Gasteiger partial charge in [0.2, 0.25) is 11.4 Å². The van der Waals surface area contributed by atoms with Crippen molar-refractivity contribution in [3.8, 4) is 0 Å². The van der Waals surface area contributed by atoms with Gasteiger partial charge in [-0.15, -0.1) is 0 Å². The van der Waals surface area contributed by atoms with Gasteiger partial charge in [0.15, 0.2) is 0 Å². The first-order valence-corrected chi connectivity index (χ1v) is 9.62. The van der Waals surface area contributed by atoms with Crippen LogP contribution < -0.4 is 27.1 Å². The summed E-state index contributed by atoms with van der Waals surface area (Å²) in [6, 6.07) is 4.69. The fourth-order valence-corrected chi connectivity index (χ4v) is 3.15. The molecule has 3 aromatic rings. The first kappa shape index (κ1) is 23.0. The summed E-state index contributed by atoms with van der Waals surface area (Å²) in [6.07, 6.45) is 0.793. The summed E-state index contributed by atoms with van der Waals surface area (Å²) >= 11 is 0. The Bertz CT molecular complexity index is 1290. The highest BCUT2D eigenvalue weighted by atomic mass is 16.4. The maximum absolute atomic E-state index is 12.9. The number of nitrogens with zero attached hydrogens (tertiary/aromatic N) is 3. The average molecular weight is 455 g/mol. The molecule has 1 aromatic carbocycles. The number of amides is 1. The SMILES string of the molecule is CN(c1ccc(C(=O)N[C@@H](CCC(=O)O)C(=O)O)cc1)c1c[nH]c2nc(N)nc(N)c2c1=O. The number of benzene rings is 1. The second kappa shape index (κ2) is 9.21. The number of fused-ring (bicyclic) bond motifs is 1. The lowest BCUT2D eigenvalue weighted by Gasteiger charge is -2.19. The summed E-state index contributed by atoms with van der Waals surface area (Å²) in [6.45, 7) is 0. The molecule has 0 saturated heterocycles. The summed E-state index contributed by atoms with van der Waals surface area (Å²) in [5, 5.41) is 20.3. The van der Waals surface area contributed by atoms with E-state index in [1.807, 2.05) is 0 Å². The van der Waals surface area contributed by atoms with E-state index >= 15 is 0 Å². The maximum Gasteiger partial charge on any atom is 0.326 e. The molecule has 0 bridgehead atoms. The number of nitrogens with two attached hydrogens (primary N) is 2. The zero-order chi connectivity index (χ0) is 24.3. The van der Waals surface area contributed by atoms with Gasteiger partial charge in [-0.2, -0.15) is 9.97 Å². The van der Waals surface area contributed by atoms with Crippen molar-refractivity contribution in [2.75, 3.05) is 23.4 Å². The zero-order valence-electron chi connectivity index (χ0n) is 17.4. The number of rotatable bonds is 8. The van der Waals surface area contributed by atoms with Crippen LogP contribution in [0.15, 0.2) is 35.3 Å². The third kappa shape index (κ3) is 4.98. The smallest absolute Gasteiger partial charge is 0.326 e. The second-order valence-corrected chi connectivity index (χ2v) is 7.10. The van der Waals surface area contributed by atoms with Gasteiger partial charge in [0.1, 0.15) is 28.6 Å². The molecule has 0 aliphatic carbocycles. The molecule has 0 radical (unpaired) electrons. The molecular weight excluding hydrogens is 434 g/mol. The number of aliphatic carboxylic acids is 2. The fourth-order valence-electron chi connectivity index (χ4n) is 3.15. The van der Waals surface area contributed by atoms with Gasteiger partial charge in [-0.1, -0.05) is 0 Å². The highest BCUT2D eigenvalue weighted by Gasteiger charge is 2.22. The number of carboxylic acids is 2. The molecule has 0 fully saturated rings. The molecule has 2 aromatic heterocycles. The van der Waals surface area contributed by atoms with Crippen molar-refractivity contribution < 1.29 is 24.6 Å². The minimum absolute atomic E-state index is 0.0584. The van der Waals surface area contributed by atoms with Crippen LogP contribution in [0.1, 0.15) is 23.2 Å². The predicted molar refractivity (Wildman–Crippen MR) is 119 cm³/mol. The molecule has 0 aliphatic heterocycles. The molecule has 13 heteroatoms. The molecule has 172 valence electrons. The molecule has 0 spiro atoms. The quantitative estimate of drug-likeness (QED) is 0.271. The van der Waals surface area contributed by atoms with Gasteiger partial charge in [0.05, 0.1) is 0 Å². The topological polar surface area (TPSA) is 218 Å². The summed E-state index contributed by atoms with van der Waals surface area (Å²) in [7, 11) is 1.63. The largest absolute Gasteiger partial charge is 0.481 e. The third-order valence-corrected chi connectivity index (χ3v) is 4.89. The van der Waals surface area contributed by atoms with Crippen LogP contribution in [0.4, 0.5) is 23.1 Å². The van der Waals surface area contributed by atoms with Crippen LogP contribution in [0.2, 0.25) is 0 Å². The predicted octanol–water partition coefficient (Wildman–Crippen LogP) is 0.298. The number of aromatic amines is 1. The van der Waals surface area contributed by atoms with E-state index in [1.165, 1.54) is 18.3 Å². The molecule has 1 amide bonds. The van der Waals surface area contributed by atoms with E-state index < -0.39 is 35.7 Å². The van der Waals surface area contributed by atoms with Gasteiger partial charge >= 0.3 is 11.9 Å². The average Bonchev–Trinajstić information content (AvgIpc) is 2.75. The normalized spacial score (nSPS) is 11.7. The number of carbonyl (C=O) groups is 3. The number of nitrogens with one attached hydrogen (secondary N) is 2. The molecular formula is C20H21N7O6. The van der Waals surface area contributed by atoms with Crippen LogP contribution in [0, 0.1) is 0 Å². The van der Waals surface area contributed by atoms with Crippen molar-refractivity contribution in [1.82, 2.24) is 20.3 Å². The van der Waals surface area contributed by atoms with Gasteiger partial charge < -0.3 is 36.9 Å². The minimum atomic E-state index is -1.34. The number of carbonyl (C=O) groups excluding carboxylic acids is 1. The van der Waals surface area contributed by atoms with Crippen molar-refractivity contribution in [2.45, 2.75) is 18.9 Å². The maximum atomic E-state index is 12.9. The number of H-pyrrole nitrogens is 1. The van der Waals surface area contributed by atoms with Crippen molar-refractivity contribution in [3.63, 3.8) is 0 Å². The van der Waals surface area contributed by atoms with Crippen molar-refractivity contribution >= 4 is 52.0 Å². The van der Waals surface area contributed by atoms with Crippen molar-refractivity contribution in [3.05, 3.63) is 46.2 Å². The number of pyridine rings is 1. The number of hydrogen-bond donors (Lipinski definition) is 6. The molecule has 0 unspecified atom stereocenters. The van der Waals surface area contributed by atoms with Crippen molar-refractivity contribution in [1.29, 1.82) is 0 Å². The van der Waals surface area contributed by atoms with Crippen LogP contribution >= 0.6 is 0 Å². The van der Waals surface area contributed by atoms with Crippen molar-refractivity contribution in [2.24, 2.45) is 0 Å². The molecule has 3 rings (SSSR count). The molecule has 13 nitrogen and oxygen atoms in total. The molecule has 0 saturated carbocycles. The molecule has 0 aliphatic rings. The highest BCUT2D eigenvalue weighted by Crippen LogP contribution is 2.23. The zero-order valence-corrected chi connectivity index (χ0v) is 17.4. The van der Waals surface area contributed by atoms with E-state index in [4.69, 9.17) is 16.6 Å². The Balaban J connectivity index is 1.81. The van der Waals surface area contributed by atoms with Crippen LogP contribution in [-0.2, 0) is 9.59 Å². The minimum Gasteiger partial charge on any atom is -0.481 e. The van der Waals surface area contributed by atoms with Crippen LogP contribution in [0.25, 0.3) is 11.0 Å². The van der Waals surface area contributed by atoms with Crippen LogP contribution in [0.5, 0.6) is 0 Å². The number of aromatic nitrogens is 3. The van der Waals surface area contributed by atoms with E-state index in [2.05, 4.69) is 20.3 Å². The highest BCUT2D eigenvalue weighted by molar-refractivity contribution is 5.97. The van der Waals surface area contributed by atoms with Gasteiger partial charge in [0, 0.05) is 30.9 Å². The number of carboxylic acid groups (broad SMARTS) is 2. The molecule has 2 heterocycles. The molecule has 1 atom stereocenters. The fraction of sp³-hybridized carbons (Fsp3) is 0.200. The number of nitrogen functional groups attached to an aromatic ring is 2. The Labute approximate surface area is 186 Å². The Kier molecular flexibility index (Phi) is 6.42. The third-order valence-electron chi connectivity index (χ3n) is 4.89. The Hall–Kier alpha value is -4.68. The van der Waals surface area contributed by atoms with E-state index in [0.717, 1.165) is 0 Å². The van der Waals surface area contributed by atoms with Gasteiger partial charge in [-0.25, -0.2) is 4.79 Å². The standard InChI is InChI=1S/C20H21N7O6/c1-27(12-8-23-17-14(15(12)30)16(21)25-20(22)26-17)10-4-2-9(3-5-10)18(31)24-11(19(32)33)6-7-13(28)29/h2-5,8,11H,6-7H2,1H3,(H,24,31)(H,28,29)(H,32,33)(H5,21,22,23,25,26,30)/t11-/m0/s1. The van der Waals surface area contributed by atoms with E-state index in [0.29, 0.717) is 5.69 Å². The van der Waals surface area contributed by atoms with E-state index in [1.54, 1.807) is 24.1 Å². The second-order valence-electron chi connectivity index (χ2n) is 7.10. The first-order chi connectivity index (χ1) is 15.6. The number of anilines is 4. The summed E-state index contributed by atoms with van der Waals surface area (Å²) in [5.74, 6) is -3.30. The Morgan fingerprint density at radius 3 is 2.42 bits per heavy atom. The lowest BCUT2D eigenvalue weighted by Crippen LogP contribution is -2.41. The van der Waals surface area contributed by atoms with Gasteiger partial charge in [-0.05, 0) is 30.7 Å². The molecule has 33 heavy (non-hydrogen) atoms. The monoisotopic (exact) mass is 455 g/mol. The summed E-state index contributed by atoms with van der Waals surface area (Å²) in [5.41, 5.74) is 12.1. The summed E-state index contributed by atoms with van der Waals surface area (Å²) < 4.78 is 0. The van der Waals surface area contributed by atoms with Crippen LogP contribution in [-0.4, -0.2) is 56.1 Å². The number of hydrogen-bond acceptors (Lipinski definition) is 9. The Morgan fingerprint density at radius 1 is 1.15 bits per heavy atom. The van der Waals surface area contributed by atoms with E-state index in [9.17, 15) is 24.3 Å². The lowest BCUT2D eigenvalue weighted by molar-refractivity contribution is -0.140. The van der Waals surface area contributed by atoms with Gasteiger partial charge in [-0.3, -0.25) is 14.4 Å². The first-order valence-electron chi connectivity index (χ1n) is 9.62. The molecule has 8 N–H and O–H groups in total. The van der Waals surface area contributed by atoms with E-state index in [-0.39, 0.29) is 40.5 Å². The van der Waals surface area contributed by atoms with Crippen LogP contribution in [0.3, 0.4) is 0 Å². The summed E-state index contributed by atoms with van der Waals surface area (Å²) in [4.78, 5) is 59.4. The Morgan fingerprint density at radius 2 is 1.82 bits per heavy atom. The van der Waals surface area contributed by atoms with Gasteiger partial charge in [0.25, 0.3) is 5.91 Å². The lowest BCUT2D eigenvalue weighted by atomic mass is 10.1.